The van der Waals surface area contributed by atoms with Crippen molar-refractivity contribution in [2.75, 3.05) is 19.3 Å². The third-order valence-corrected chi connectivity index (χ3v) is 5.68. The normalized spacial score (nSPS) is 11.7. The van der Waals surface area contributed by atoms with Crippen LogP contribution in [0, 0.1) is 12.7 Å². The lowest BCUT2D eigenvalue weighted by molar-refractivity contribution is -0.0504. The van der Waals surface area contributed by atoms with Crippen molar-refractivity contribution in [3.63, 3.8) is 0 Å². The van der Waals surface area contributed by atoms with Crippen LogP contribution in [0.5, 0.6) is 5.75 Å². The lowest BCUT2D eigenvalue weighted by Gasteiger charge is -2.15. The zero-order chi connectivity index (χ0) is 21.4. The fourth-order valence-corrected chi connectivity index (χ4v) is 3.81. The molecule has 0 radical (unpaired) electrons. The van der Waals surface area contributed by atoms with E-state index in [1.165, 1.54) is 31.3 Å². The lowest BCUT2D eigenvalue weighted by atomic mass is 10.1. The molecule has 0 atom stereocenters. The molecule has 2 N–H and O–H groups in total. The molecule has 0 fully saturated rings. The van der Waals surface area contributed by atoms with Crippen LogP contribution in [-0.2, 0) is 16.4 Å². The molecule has 2 aromatic rings. The van der Waals surface area contributed by atoms with Gasteiger partial charge in [-0.25, -0.2) is 12.8 Å². The van der Waals surface area contributed by atoms with E-state index in [0.29, 0.717) is 5.56 Å². The molecule has 0 saturated carbocycles. The highest BCUT2D eigenvalue weighted by Gasteiger charge is 2.18. The molecule has 0 saturated heterocycles. The first-order valence-corrected chi connectivity index (χ1v) is 10.3. The van der Waals surface area contributed by atoms with Gasteiger partial charge in [0.2, 0.25) is 0 Å². The van der Waals surface area contributed by atoms with E-state index in [1.807, 2.05) is 6.92 Å². The van der Waals surface area contributed by atoms with E-state index in [1.54, 1.807) is 12.1 Å². The van der Waals surface area contributed by atoms with Crippen molar-refractivity contribution in [3.05, 3.63) is 59.4 Å². The Hall–Kier alpha value is -2.02. The summed E-state index contributed by atoms with van der Waals surface area (Å²) in [4.78, 5) is 3.60. The molecule has 2 aromatic carbocycles. The fraction of sp³-hybridized carbons (Fsp3) is 0.316. The van der Waals surface area contributed by atoms with Crippen molar-refractivity contribution in [2.45, 2.75) is 25.0 Å². The first-order valence-electron chi connectivity index (χ1n) is 8.69. The van der Waals surface area contributed by atoms with Gasteiger partial charge in [-0.3, -0.25) is 4.99 Å². The van der Waals surface area contributed by atoms with Crippen LogP contribution in [0.25, 0.3) is 0 Å². The quantitative estimate of drug-likeness (QED) is 0.295. The van der Waals surface area contributed by atoms with Gasteiger partial charge in [0.1, 0.15) is 16.5 Å². The number of guanidine groups is 1. The molecule has 2 rings (SSSR count). The van der Waals surface area contributed by atoms with Gasteiger partial charge in [-0.05, 0) is 25.1 Å². The first-order chi connectivity index (χ1) is 13.7. The fourth-order valence-electron chi connectivity index (χ4n) is 2.57. The molecule has 0 spiro atoms. The topological polar surface area (TPSA) is 79.8 Å². The van der Waals surface area contributed by atoms with Crippen LogP contribution in [0.1, 0.15) is 11.1 Å². The number of rotatable bonds is 8. The zero-order valence-corrected chi connectivity index (χ0v) is 19.5. The molecule has 0 aromatic heterocycles. The Morgan fingerprint density at radius 2 is 1.87 bits per heavy atom. The van der Waals surface area contributed by atoms with Crippen molar-refractivity contribution in [1.29, 1.82) is 0 Å². The van der Waals surface area contributed by atoms with Crippen molar-refractivity contribution < 1.29 is 26.3 Å². The minimum Gasteiger partial charge on any atom is -0.434 e. The molecule has 6 nitrogen and oxygen atoms in total. The van der Waals surface area contributed by atoms with E-state index in [0.717, 1.165) is 11.6 Å². The Morgan fingerprint density at radius 3 is 2.50 bits per heavy atom. The Bertz CT molecular complexity index is 972. The Morgan fingerprint density at radius 1 is 1.17 bits per heavy atom. The SMILES string of the molecule is CN=C(NCCS(=O)(=O)c1ccccc1F)NCc1cc(C)ccc1OC(F)F.I. The van der Waals surface area contributed by atoms with Crippen LogP contribution in [0.15, 0.2) is 52.4 Å². The number of aryl methyl sites for hydroxylation is 1. The zero-order valence-electron chi connectivity index (χ0n) is 16.4. The number of sulfone groups is 1. The number of nitrogens with one attached hydrogen (secondary N) is 2. The number of nitrogens with zero attached hydrogens (tertiary/aromatic N) is 1. The number of aliphatic imine (C=N–C) groups is 1. The number of hydrogen-bond donors (Lipinski definition) is 2. The third-order valence-electron chi connectivity index (χ3n) is 3.94. The van der Waals surface area contributed by atoms with E-state index in [9.17, 15) is 21.6 Å². The summed E-state index contributed by atoms with van der Waals surface area (Å²) in [6, 6.07) is 9.96. The second-order valence-corrected chi connectivity index (χ2v) is 8.17. The molecule has 166 valence electrons. The molecule has 11 heteroatoms. The standard InChI is InChI=1S/C19H22F3N3O3S.HI/c1-13-7-8-16(28-18(21)22)14(11-13)12-25-19(23-2)24-9-10-29(26,27)17-6-4-3-5-15(17)20;/h3-8,11,18H,9-10,12H2,1-2H3,(H2,23,24,25);1H. The number of ether oxygens (including phenoxy) is 1. The average molecular weight is 557 g/mol. The maximum Gasteiger partial charge on any atom is 0.387 e. The Labute approximate surface area is 190 Å². The predicted octanol–water partition coefficient (Wildman–Crippen LogP) is 3.49. The van der Waals surface area contributed by atoms with Gasteiger partial charge in [0, 0.05) is 25.7 Å². The molecule has 0 heterocycles. The summed E-state index contributed by atoms with van der Waals surface area (Å²) in [5.74, 6) is -0.853. The highest BCUT2D eigenvalue weighted by molar-refractivity contribution is 14.0. The Kier molecular flexibility index (Phi) is 10.4. The largest absolute Gasteiger partial charge is 0.434 e. The van der Waals surface area contributed by atoms with E-state index >= 15 is 0 Å². The highest BCUT2D eigenvalue weighted by Crippen LogP contribution is 2.22. The van der Waals surface area contributed by atoms with Gasteiger partial charge in [-0.2, -0.15) is 8.78 Å². The molecule has 0 aliphatic carbocycles. The maximum atomic E-state index is 13.7. The van der Waals surface area contributed by atoms with E-state index in [4.69, 9.17) is 0 Å². The van der Waals surface area contributed by atoms with Crippen LogP contribution in [-0.4, -0.2) is 40.3 Å². The first kappa shape index (κ1) is 26.0. The average Bonchev–Trinajstić information content (AvgIpc) is 2.66. The molecule has 0 aliphatic rings. The summed E-state index contributed by atoms with van der Waals surface area (Å²) in [5.41, 5.74) is 1.36. The highest BCUT2D eigenvalue weighted by atomic mass is 127. The summed E-state index contributed by atoms with van der Waals surface area (Å²) in [5, 5.41) is 5.72. The van der Waals surface area contributed by atoms with Crippen LogP contribution in [0.2, 0.25) is 0 Å². The van der Waals surface area contributed by atoms with Crippen LogP contribution < -0.4 is 15.4 Å². The summed E-state index contributed by atoms with van der Waals surface area (Å²) < 4.78 is 67.8. The van der Waals surface area contributed by atoms with Crippen molar-refractivity contribution in [3.8, 4) is 5.75 Å². The van der Waals surface area contributed by atoms with E-state index < -0.39 is 22.3 Å². The molecule has 0 aliphatic heterocycles. The minimum atomic E-state index is -3.81. The van der Waals surface area contributed by atoms with Crippen LogP contribution in [0.4, 0.5) is 13.2 Å². The summed E-state index contributed by atoms with van der Waals surface area (Å²) in [7, 11) is -2.33. The van der Waals surface area contributed by atoms with Gasteiger partial charge in [-0.1, -0.05) is 29.8 Å². The maximum absolute atomic E-state index is 13.7. The monoisotopic (exact) mass is 557 g/mol. The van der Waals surface area contributed by atoms with Gasteiger partial charge in [-0.15, -0.1) is 24.0 Å². The van der Waals surface area contributed by atoms with Crippen molar-refractivity contribution in [2.24, 2.45) is 4.99 Å². The molecular formula is C19H23F3IN3O3S. The van der Waals surface area contributed by atoms with Gasteiger partial charge >= 0.3 is 6.61 Å². The number of alkyl halides is 2. The molecule has 0 unspecified atom stereocenters. The molecule has 0 amide bonds. The summed E-state index contributed by atoms with van der Waals surface area (Å²) in [6.07, 6.45) is 0. The second-order valence-electron chi connectivity index (χ2n) is 6.09. The second kappa shape index (κ2) is 12.0. The number of halogens is 4. The summed E-state index contributed by atoms with van der Waals surface area (Å²) in [6.45, 7) is -1.03. The molecular weight excluding hydrogens is 534 g/mol. The van der Waals surface area contributed by atoms with Crippen molar-refractivity contribution >= 4 is 39.8 Å². The number of benzene rings is 2. The van der Waals surface area contributed by atoms with Crippen LogP contribution >= 0.6 is 24.0 Å². The van der Waals surface area contributed by atoms with Crippen LogP contribution in [0.3, 0.4) is 0 Å². The van der Waals surface area contributed by atoms with E-state index in [-0.39, 0.29) is 59.4 Å². The molecule has 0 bridgehead atoms. The van der Waals surface area contributed by atoms with Gasteiger partial charge in [0.05, 0.1) is 5.75 Å². The van der Waals surface area contributed by atoms with Gasteiger partial charge < -0.3 is 15.4 Å². The lowest BCUT2D eigenvalue weighted by Crippen LogP contribution is -2.39. The van der Waals surface area contributed by atoms with E-state index in [2.05, 4.69) is 20.4 Å². The van der Waals surface area contributed by atoms with Gasteiger partial charge in [0.25, 0.3) is 0 Å². The smallest absolute Gasteiger partial charge is 0.387 e. The summed E-state index contributed by atoms with van der Waals surface area (Å²) >= 11 is 0. The third kappa shape index (κ3) is 7.67. The minimum absolute atomic E-state index is 0. The van der Waals surface area contributed by atoms with Gasteiger partial charge in [0.15, 0.2) is 15.8 Å². The number of hydrogen-bond acceptors (Lipinski definition) is 4. The van der Waals surface area contributed by atoms with Crippen molar-refractivity contribution in [1.82, 2.24) is 10.6 Å². The Balaban J connectivity index is 0.00000450. The predicted molar refractivity (Wildman–Crippen MR) is 120 cm³/mol. The molecule has 30 heavy (non-hydrogen) atoms.